The van der Waals surface area contributed by atoms with E-state index in [0.29, 0.717) is 43.4 Å². The van der Waals surface area contributed by atoms with Gasteiger partial charge in [0.25, 0.3) is 0 Å². The van der Waals surface area contributed by atoms with Gasteiger partial charge in [0.2, 0.25) is 17.6 Å². The van der Waals surface area contributed by atoms with Crippen LogP contribution in [0.15, 0.2) is 22.0 Å². The Kier molecular flexibility index (Phi) is 4.77. The molecule has 0 bridgehead atoms. The van der Waals surface area contributed by atoms with Gasteiger partial charge in [-0.15, -0.1) is 11.3 Å². The van der Waals surface area contributed by atoms with Crippen molar-refractivity contribution in [3.63, 3.8) is 0 Å². The quantitative estimate of drug-likeness (QED) is 0.773. The van der Waals surface area contributed by atoms with Crippen molar-refractivity contribution in [2.45, 2.75) is 44.6 Å². The maximum absolute atomic E-state index is 12.1. The first-order chi connectivity index (χ1) is 11.1. The Hall–Kier alpha value is -1.73. The van der Waals surface area contributed by atoms with Crippen LogP contribution in [0.1, 0.15) is 38.5 Å². The van der Waals surface area contributed by atoms with Gasteiger partial charge >= 0.3 is 0 Å². The molecule has 1 saturated carbocycles. The minimum Gasteiger partial charge on any atom is -0.349 e. The summed E-state index contributed by atoms with van der Waals surface area (Å²) >= 11 is 1.57. The molecule has 2 heterocycles. The zero-order valence-electron chi connectivity index (χ0n) is 13.2. The first-order valence-electron chi connectivity index (χ1n) is 7.98. The second-order valence-electron chi connectivity index (χ2n) is 6.29. The van der Waals surface area contributed by atoms with Gasteiger partial charge in [0, 0.05) is 19.4 Å². The Morgan fingerprint density at radius 2 is 2.39 bits per heavy atom. The molecule has 0 aliphatic heterocycles. The van der Waals surface area contributed by atoms with E-state index in [-0.39, 0.29) is 11.4 Å². The van der Waals surface area contributed by atoms with Crippen LogP contribution in [-0.2, 0) is 11.2 Å². The zero-order valence-corrected chi connectivity index (χ0v) is 14.1. The summed E-state index contributed by atoms with van der Waals surface area (Å²) in [4.78, 5) is 17.4. The maximum atomic E-state index is 12.1. The Morgan fingerprint density at radius 1 is 1.57 bits per heavy atom. The van der Waals surface area contributed by atoms with Crippen molar-refractivity contribution in [3.8, 4) is 10.7 Å². The lowest BCUT2D eigenvalue weighted by Crippen LogP contribution is -2.53. The molecule has 1 unspecified atom stereocenters. The van der Waals surface area contributed by atoms with Gasteiger partial charge in [-0.05, 0) is 43.6 Å². The normalized spacial score (nSPS) is 17.0. The van der Waals surface area contributed by atoms with Gasteiger partial charge in [0.15, 0.2) is 0 Å². The summed E-state index contributed by atoms with van der Waals surface area (Å²) in [6.45, 7) is 2.52. The van der Waals surface area contributed by atoms with Gasteiger partial charge in [0.1, 0.15) is 0 Å². The number of hydrogen-bond acceptors (Lipinski definition) is 6. The first kappa shape index (κ1) is 16.1. The third kappa shape index (κ3) is 3.97. The highest BCUT2D eigenvalue weighted by Gasteiger charge is 2.41. The van der Waals surface area contributed by atoms with Gasteiger partial charge in [-0.2, -0.15) is 4.98 Å². The summed E-state index contributed by atoms with van der Waals surface area (Å²) in [6.07, 6.45) is 4.04. The van der Waals surface area contributed by atoms with Crippen LogP contribution in [0.5, 0.6) is 0 Å². The van der Waals surface area contributed by atoms with Crippen LogP contribution in [0.2, 0.25) is 0 Å². The molecule has 23 heavy (non-hydrogen) atoms. The van der Waals surface area contributed by atoms with Gasteiger partial charge < -0.3 is 15.6 Å². The summed E-state index contributed by atoms with van der Waals surface area (Å²) in [5.74, 6) is 1.76. The summed E-state index contributed by atoms with van der Waals surface area (Å²) in [5, 5.41) is 9.03. The fraction of sp³-hybridized carbons (Fsp3) is 0.562. The SMILES string of the molecule is CC(CN)(NC(=O)CCCc1nc(-c2cccs2)no1)C1CC1. The number of amides is 1. The largest absolute Gasteiger partial charge is 0.349 e. The highest BCUT2D eigenvalue weighted by Crippen LogP contribution is 2.39. The zero-order chi connectivity index (χ0) is 16.3. The average Bonchev–Trinajstić information content (AvgIpc) is 3.07. The molecule has 2 aromatic rings. The van der Waals surface area contributed by atoms with Crippen LogP contribution in [0.4, 0.5) is 0 Å². The molecule has 0 aromatic carbocycles. The second kappa shape index (κ2) is 6.80. The lowest BCUT2D eigenvalue weighted by Gasteiger charge is -2.29. The minimum absolute atomic E-state index is 0.0443. The molecule has 1 fully saturated rings. The van der Waals surface area contributed by atoms with Crippen molar-refractivity contribution in [2.75, 3.05) is 6.54 Å². The summed E-state index contributed by atoms with van der Waals surface area (Å²) < 4.78 is 5.23. The van der Waals surface area contributed by atoms with E-state index < -0.39 is 0 Å². The smallest absolute Gasteiger partial charge is 0.226 e. The Balaban J connectivity index is 1.45. The lowest BCUT2D eigenvalue weighted by atomic mass is 9.95. The molecular weight excluding hydrogens is 312 g/mol. The van der Waals surface area contributed by atoms with Gasteiger partial charge in [-0.25, -0.2) is 0 Å². The summed E-state index contributed by atoms with van der Waals surface area (Å²) in [7, 11) is 0. The van der Waals surface area contributed by atoms with Crippen molar-refractivity contribution in [3.05, 3.63) is 23.4 Å². The minimum atomic E-state index is -0.256. The lowest BCUT2D eigenvalue weighted by molar-refractivity contribution is -0.123. The molecule has 1 aliphatic rings. The van der Waals surface area contributed by atoms with Crippen molar-refractivity contribution >= 4 is 17.2 Å². The number of rotatable bonds is 8. The molecule has 0 spiro atoms. The molecule has 1 atom stereocenters. The third-order valence-corrected chi connectivity index (χ3v) is 5.20. The monoisotopic (exact) mass is 334 g/mol. The number of nitrogens with one attached hydrogen (secondary N) is 1. The van der Waals surface area contributed by atoms with E-state index in [9.17, 15) is 4.79 Å². The van der Waals surface area contributed by atoms with Crippen LogP contribution in [0.25, 0.3) is 10.7 Å². The highest BCUT2D eigenvalue weighted by molar-refractivity contribution is 7.13. The molecule has 3 rings (SSSR count). The summed E-state index contributed by atoms with van der Waals surface area (Å²) in [6, 6.07) is 3.91. The van der Waals surface area contributed by atoms with Gasteiger partial charge in [-0.1, -0.05) is 11.2 Å². The van der Waals surface area contributed by atoms with E-state index in [4.69, 9.17) is 10.3 Å². The number of nitrogens with two attached hydrogens (primary N) is 1. The van der Waals surface area contributed by atoms with E-state index in [2.05, 4.69) is 15.5 Å². The van der Waals surface area contributed by atoms with E-state index in [1.54, 1.807) is 11.3 Å². The van der Waals surface area contributed by atoms with E-state index in [1.807, 2.05) is 24.4 Å². The van der Waals surface area contributed by atoms with Crippen molar-refractivity contribution in [2.24, 2.45) is 11.7 Å². The molecule has 7 heteroatoms. The second-order valence-corrected chi connectivity index (χ2v) is 7.23. The predicted molar refractivity (Wildman–Crippen MR) is 88.9 cm³/mol. The van der Waals surface area contributed by atoms with Crippen molar-refractivity contribution in [1.29, 1.82) is 0 Å². The van der Waals surface area contributed by atoms with Crippen molar-refractivity contribution in [1.82, 2.24) is 15.5 Å². The van der Waals surface area contributed by atoms with E-state index in [0.717, 1.165) is 17.7 Å². The number of aryl methyl sites for hydroxylation is 1. The predicted octanol–water partition coefficient (Wildman–Crippen LogP) is 2.36. The number of carbonyl (C=O) groups excluding carboxylic acids is 1. The fourth-order valence-electron chi connectivity index (χ4n) is 2.68. The Morgan fingerprint density at radius 3 is 3.04 bits per heavy atom. The Labute approximate surface area is 139 Å². The van der Waals surface area contributed by atoms with Crippen molar-refractivity contribution < 1.29 is 9.32 Å². The number of nitrogens with zero attached hydrogens (tertiary/aromatic N) is 2. The molecule has 6 nitrogen and oxygen atoms in total. The number of thiophene rings is 1. The first-order valence-corrected chi connectivity index (χ1v) is 8.86. The molecule has 3 N–H and O–H groups in total. The van der Waals surface area contributed by atoms with Crippen LogP contribution in [0.3, 0.4) is 0 Å². The number of aromatic nitrogens is 2. The molecule has 1 aliphatic carbocycles. The van der Waals surface area contributed by atoms with Crippen LogP contribution < -0.4 is 11.1 Å². The standard InChI is InChI=1S/C16H22N4O2S/c1-16(10-17,11-7-8-11)19-13(21)5-2-6-14-18-15(20-22-14)12-4-3-9-23-12/h3-4,9,11H,2,5-8,10,17H2,1H3,(H,19,21). The molecule has 124 valence electrons. The molecule has 1 amide bonds. The molecule has 2 aromatic heterocycles. The maximum Gasteiger partial charge on any atom is 0.226 e. The Bertz CT molecular complexity index is 651. The van der Waals surface area contributed by atoms with E-state index >= 15 is 0 Å². The number of hydrogen-bond donors (Lipinski definition) is 2. The van der Waals surface area contributed by atoms with Crippen LogP contribution >= 0.6 is 11.3 Å². The van der Waals surface area contributed by atoms with E-state index in [1.165, 1.54) is 0 Å². The topological polar surface area (TPSA) is 94.0 Å². The van der Waals surface area contributed by atoms with Crippen LogP contribution in [-0.4, -0.2) is 28.1 Å². The molecular formula is C16H22N4O2S. The van der Waals surface area contributed by atoms with Crippen LogP contribution in [0, 0.1) is 5.92 Å². The third-order valence-electron chi connectivity index (χ3n) is 4.33. The highest BCUT2D eigenvalue weighted by atomic mass is 32.1. The van der Waals surface area contributed by atoms with Gasteiger partial charge in [-0.3, -0.25) is 4.79 Å². The summed E-state index contributed by atoms with van der Waals surface area (Å²) in [5.41, 5.74) is 5.56. The molecule has 0 radical (unpaired) electrons. The fourth-order valence-corrected chi connectivity index (χ4v) is 3.33. The average molecular weight is 334 g/mol. The molecule has 0 saturated heterocycles. The number of carbonyl (C=O) groups is 1. The van der Waals surface area contributed by atoms with Gasteiger partial charge in [0.05, 0.1) is 10.4 Å².